The summed E-state index contributed by atoms with van der Waals surface area (Å²) < 4.78 is 5.38. The van der Waals surface area contributed by atoms with Gasteiger partial charge in [0.1, 0.15) is 17.1 Å². The Morgan fingerprint density at radius 2 is 2.12 bits per heavy atom. The van der Waals surface area contributed by atoms with Crippen molar-refractivity contribution in [3.63, 3.8) is 0 Å². The highest BCUT2D eigenvalue weighted by Gasteiger charge is 2.39. The first-order valence-corrected chi connectivity index (χ1v) is 8.29. The van der Waals surface area contributed by atoms with Crippen molar-refractivity contribution in [1.82, 2.24) is 5.32 Å². The van der Waals surface area contributed by atoms with Gasteiger partial charge in [-0.2, -0.15) is 0 Å². The van der Waals surface area contributed by atoms with Crippen molar-refractivity contribution in [2.24, 2.45) is 16.8 Å². The van der Waals surface area contributed by atoms with Crippen molar-refractivity contribution < 1.29 is 18.8 Å². The van der Waals surface area contributed by atoms with E-state index in [1.807, 2.05) is 6.07 Å². The number of Topliss-reactive ketones (excluding diaryl/α,β-unsaturated/α-hetero) is 1. The van der Waals surface area contributed by atoms with E-state index in [1.165, 1.54) is 6.08 Å². The number of ketones is 1. The number of dihydropyridines is 1. The lowest BCUT2D eigenvalue weighted by molar-refractivity contribution is -0.122. The maximum absolute atomic E-state index is 12.5. The van der Waals surface area contributed by atoms with E-state index in [2.05, 4.69) is 10.3 Å². The summed E-state index contributed by atoms with van der Waals surface area (Å²) in [4.78, 5) is 40.9. The summed E-state index contributed by atoms with van der Waals surface area (Å²) >= 11 is 0. The van der Waals surface area contributed by atoms with Crippen LogP contribution < -0.4 is 5.32 Å². The first kappa shape index (κ1) is 15.1. The van der Waals surface area contributed by atoms with Crippen LogP contribution in [0.1, 0.15) is 37.4 Å². The van der Waals surface area contributed by atoms with E-state index in [-0.39, 0.29) is 17.3 Å². The number of carbonyl (C=O) groups is 3. The van der Waals surface area contributed by atoms with Crippen LogP contribution in [0.15, 0.2) is 39.5 Å². The number of rotatable bonds is 4. The third kappa shape index (κ3) is 2.84. The molecule has 6 heteroatoms. The monoisotopic (exact) mass is 326 g/mol. The second-order valence-corrected chi connectivity index (χ2v) is 6.71. The highest BCUT2D eigenvalue weighted by Crippen LogP contribution is 2.35. The minimum absolute atomic E-state index is 0.00537. The normalized spacial score (nSPS) is 26.5. The van der Waals surface area contributed by atoms with Gasteiger partial charge in [-0.3, -0.25) is 14.4 Å². The molecule has 0 radical (unpaired) electrons. The highest BCUT2D eigenvalue weighted by molar-refractivity contribution is 6.26. The predicted molar refractivity (Wildman–Crippen MR) is 85.4 cm³/mol. The van der Waals surface area contributed by atoms with Crippen molar-refractivity contribution in [3.8, 4) is 0 Å². The largest absolute Gasteiger partial charge is 0.469 e. The quantitative estimate of drug-likeness (QED) is 0.854. The van der Waals surface area contributed by atoms with Crippen molar-refractivity contribution in [3.05, 3.63) is 35.8 Å². The molecule has 0 spiro atoms. The van der Waals surface area contributed by atoms with Gasteiger partial charge in [0.15, 0.2) is 0 Å². The van der Waals surface area contributed by atoms with Crippen molar-refractivity contribution in [1.29, 1.82) is 0 Å². The minimum atomic E-state index is -0.560. The zero-order valence-corrected chi connectivity index (χ0v) is 13.2. The lowest BCUT2D eigenvalue weighted by Gasteiger charge is -2.28. The lowest BCUT2D eigenvalue weighted by Crippen LogP contribution is -2.38. The van der Waals surface area contributed by atoms with Crippen LogP contribution in [-0.2, 0) is 14.4 Å². The third-order valence-electron chi connectivity index (χ3n) is 4.86. The first-order valence-electron chi connectivity index (χ1n) is 8.29. The average molecular weight is 326 g/mol. The molecular formula is C18H18N2O4. The summed E-state index contributed by atoms with van der Waals surface area (Å²) in [6.45, 7) is 0.583. The van der Waals surface area contributed by atoms with E-state index < -0.39 is 17.7 Å². The molecule has 1 aliphatic heterocycles. The summed E-state index contributed by atoms with van der Waals surface area (Å²) in [5, 5.41) is 2.76. The van der Waals surface area contributed by atoms with Crippen LogP contribution >= 0.6 is 0 Å². The van der Waals surface area contributed by atoms with Crippen molar-refractivity contribution in [2.45, 2.75) is 31.6 Å². The number of fused-ring (bicyclic) bond motifs is 1. The summed E-state index contributed by atoms with van der Waals surface area (Å²) in [6, 6.07) is 3.61. The molecule has 2 saturated carbocycles. The standard InChI is InChI=1S/C18H18N2O4/c21-15-7-11(16-2-1-5-24-16)6-14-12(15)8-13(18(23)20-14)17(22)19-9-10-3-4-10/h1-2,5,8,10-12H,3-4,6-7,9H2,(H,19,22). The molecule has 2 fully saturated rings. The Kier molecular flexibility index (Phi) is 3.67. The number of nitrogens with zero attached hydrogens (tertiary/aromatic N) is 1. The third-order valence-corrected chi connectivity index (χ3v) is 4.86. The van der Waals surface area contributed by atoms with E-state index >= 15 is 0 Å². The van der Waals surface area contributed by atoms with Gasteiger partial charge in [-0.15, -0.1) is 0 Å². The molecule has 2 unspecified atom stereocenters. The Morgan fingerprint density at radius 1 is 1.29 bits per heavy atom. The lowest BCUT2D eigenvalue weighted by atomic mass is 9.76. The molecule has 2 aliphatic carbocycles. The fourth-order valence-corrected chi connectivity index (χ4v) is 3.29. The second kappa shape index (κ2) is 5.85. The van der Waals surface area contributed by atoms with Crippen LogP contribution in [0.5, 0.6) is 0 Å². The number of carbonyl (C=O) groups excluding carboxylic acids is 3. The molecule has 2 atom stereocenters. The first-order chi connectivity index (χ1) is 11.6. The molecule has 1 aromatic rings. The Bertz CT molecular complexity index is 756. The molecular weight excluding hydrogens is 308 g/mol. The van der Waals surface area contributed by atoms with Crippen LogP contribution in [0.4, 0.5) is 0 Å². The van der Waals surface area contributed by atoms with Gasteiger partial charge in [0, 0.05) is 24.6 Å². The summed E-state index contributed by atoms with van der Waals surface area (Å²) in [7, 11) is 0. The van der Waals surface area contributed by atoms with E-state index in [4.69, 9.17) is 4.42 Å². The Labute approximate surface area is 139 Å². The maximum Gasteiger partial charge on any atom is 0.282 e. The topological polar surface area (TPSA) is 88.7 Å². The van der Waals surface area contributed by atoms with Crippen LogP contribution in [0.2, 0.25) is 0 Å². The van der Waals surface area contributed by atoms with Gasteiger partial charge < -0.3 is 9.73 Å². The number of aliphatic imine (C=N–C) groups is 1. The maximum atomic E-state index is 12.5. The average Bonchev–Trinajstić information content (AvgIpc) is 3.23. The number of amides is 2. The van der Waals surface area contributed by atoms with E-state index in [0.29, 0.717) is 31.0 Å². The van der Waals surface area contributed by atoms with Gasteiger partial charge in [-0.25, -0.2) is 4.99 Å². The van der Waals surface area contributed by atoms with E-state index in [0.717, 1.165) is 18.6 Å². The zero-order valence-electron chi connectivity index (χ0n) is 13.2. The number of nitrogens with one attached hydrogen (secondary N) is 1. The fourth-order valence-electron chi connectivity index (χ4n) is 3.29. The molecule has 2 amide bonds. The van der Waals surface area contributed by atoms with Gasteiger partial charge >= 0.3 is 0 Å². The molecule has 3 aliphatic rings. The summed E-state index contributed by atoms with van der Waals surface area (Å²) in [6.07, 6.45) is 6.13. The van der Waals surface area contributed by atoms with Gasteiger partial charge in [-0.1, -0.05) is 0 Å². The SMILES string of the molecule is O=C1N=C2CC(c3ccco3)CC(=O)C2C=C1C(=O)NCC1CC1. The van der Waals surface area contributed by atoms with E-state index in [1.54, 1.807) is 12.3 Å². The fraction of sp³-hybridized carbons (Fsp3) is 0.444. The van der Waals surface area contributed by atoms with Gasteiger partial charge in [0.05, 0.1) is 12.2 Å². The smallest absolute Gasteiger partial charge is 0.282 e. The molecule has 24 heavy (non-hydrogen) atoms. The van der Waals surface area contributed by atoms with Crippen molar-refractivity contribution >= 4 is 23.3 Å². The van der Waals surface area contributed by atoms with Crippen LogP contribution in [0, 0.1) is 11.8 Å². The summed E-state index contributed by atoms with van der Waals surface area (Å²) in [5.41, 5.74) is 0.533. The minimum Gasteiger partial charge on any atom is -0.469 e. The van der Waals surface area contributed by atoms with Crippen LogP contribution in [0.3, 0.4) is 0 Å². The molecule has 2 heterocycles. The second-order valence-electron chi connectivity index (χ2n) is 6.71. The van der Waals surface area contributed by atoms with Gasteiger partial charge in [0.25, 0.3) is 11.8 Å². The number of furan rings is 1. The molecule has 4 rings (SSSR count). The Morgan fingerprint density at radius 3 is 2.83 bits per heavy atom. The van der Waals surface area contributed by atoms with Crippen LogP contribution in [0.25, 0.3) is 0 Å². The zero-order chi connectivity index (χ0) is 16.7. The number of hydrogen-bond donors (Lipinski definition) is 1. The molecule has 0 bridgehead atoms. The Hall–Kier alpha value is -2.50. The van der Waals surface area contributed by atoms with Crippen molar-refractivity contribution in [2.75, 3.05) is 6.54 Å². The molecule has 0 aromatic carbocycles. The molecule has 1 N–H and O–H groups in total. The number of hydrogen-bond acceptors (Lipinski definition) is 4. The van der Waals surface area contributed by atoms with Crippen LogP contribution in [-0.4, -0.2) is 29.9 Å². The van der Waals surface area contributed by atoms with Gasteiger partial charge in [-0.05, 0) is 43.4 Å². The molecule has 0 saturated heterocycles. The number of allylic oxidation sites excluding steroid dienone is 1. The highest BCUT2D eigenvalue weighted by atomic mass is 16.3. The van der Waals surface area contributed by atoms with E-state index in [9.17, 15) is 14.4 Å². The Balaban J connectivity index is 1.51. The predicted octanol–water partition coefficient (Wildman–Crippen LogP) is 1.78. The molecule has 124 valence electrons. The molecule has 1 aromatic heterocycles. The summed E-state index contributed by atoms with van der Waals surface area (Å²) in [5.74, 6) is -0.393. The van der Waals surface area contributed by atoms with Gasteiger partial charge in [0.2, 0.25) is 0 Å². The molecule has 6 nitrogen and oxygen atoms in total.